The van der Waals surface area contributed by atoms with E-state index >= 15 is 0 Å². The average Bonchev–Trinajstić information content (AvgIpc) is 2.61. The molecule has 0 rings (SSSR count). The molecule has 4 atom stereocenters. The predicted octanol–water partition coefficient (Wildman–Crippen LogP) is 0.497. The van der Waals surface area contributed by atoms with Gasteiger partial charge in [-0.1, -0.05) is 20.3 Å². The van der Waals surface area contributed by atoms with Gasteiger partial charge in [0.05, 0.1) is 13.2 Å². The van der Waals surface area contributed by atoms with Crippen LogP contribution in [0.5, 0.6) is 0 Å². The lowest BCUT2D eigenvalue weighted by molar-refractivity contribution is -0.491. The molecule has 0 aliphatic heterocycles. The van der Waals surface area contributed by atoms with E-state index in [4.69, 9.17) is 14.4 Å². The monoisotopic (exact) mass is 368 g/mol. The van der Waals surface area contributed by atoms with Crippen LogP contribution in [0.4, 0.5) is 0 Å². The quantitative estimate of drug-likeness (QED) is 0.242. The summed E-state index contributed by atoms with van der Waals surface area (Å²) in [5.74, 6) is -1.01. The van der Waals surface area contributed by atoms with Crippen molar-refractivity contribution in [3.63, 3.8) is 0 Å². The summed E-state index contributed by atoms with van der Waals surface area (Å²) in [7, 11) is 2.48. The third-order valence-electron chi connectivity index (χ3n) is 4.88. The van der Waals surface area contributed by atoms with E-state index in [1.54, 1.807) is 6.92 Å². The SMILES string of the molecule is CCCCOOOC(=O)C(CC)(OC)C(C)(OC)C(C)(O)C(O)CO. The first kappa shape index (κ1) is 24.2. The molecule has 0 fully saturated rings. The van der Waals surface area contributed by atoms with Gasteiger partial charge in [0.15, 0.2) is 5.60 Å². The lowest BCUT2D eigenvalue weighted by atomic mass is 9.68. The van der Waals surface area contributed by atoms with Gasteiger partial charge in [-0.2, -0.15) is 4.89 Å². The predicted molar refractivity (Wildman–Crippen MR) is 87.2 cm³/mol. The van der Waals surface area contributed by atoms with Crippen LogP contribution in [0.1, 0.15) is 47.0 Å². The van der Waals surface area contributed by atoms with Crippen LogP contribution in [0.3, 0.4) is 0 Å². The first-order valence-electron chi connectivity index (χ1n) is 8.27. The minimum absolute atomic E-state index is 0.0132. The van der Waals surface area contributed by atoms with E-state index in [1.165, 1.54) is 28.1 Å². The first-order chi connectivity index (χ1) is 11.6. The topological polar surface area (TPSA) is 124 Å². The Balaban J connectivity index is 5.59. The summed E-state index contributed by atoms with van der Waals surface area (Å²) >= 11 is 0. The van der Waals surface area contributed by atoms with Gasteiger partial charge in [-0.15, -0.1) is 0 Å². The standard InChI is InChI=1S/C16H32O9/c1-7-9-10-23-25-24-13(19)16(8-2,22-6)15(4,21-5)14(3,20)12(18)11-17/h12,17-18,20H,7-11H2,1-6H3. The molecule has 0 radical (unpaired) electrons. The molecule has 0 aromatic rings. The zero-order valence-electron chi connectivity index (χ0n) is 15.9. The summed E-state index contributed by atoms with van der Waals surface area (Å²) in [6.07, 6.45) is -0.00131. The molecule has 150 valence electrons. The Labute approximate surface area is 148 Å². The summed E-state index contributed by atoms with van der Waals surface area (Å²) in [6.45, 7) is 5.66. The van der Waals surface area contributed by atoms with Gasteiger partial charge in [0.25, 0.3) is 0 Å². The minimum atomic E-state index is -2.06. The molecule has 9 nitrogen and oxygen atoms in total. The second-order valence-corrected chi connectivity index (χ2v) is 6.08. The van der Waals surface area contributed by atoms with Gasteiger partial charge < -0.3 is 24.8 Å². The average molecular weight is 368 g/mol. The molecule has 25 heavy (non-hydrogen) atoms. The Morgan fingerprint density at radius 3 is 2.16 bits per heavy atom. The van der Waals surface area contributed by atoms with Crippen molar-refractivity contribution in [2.75, 3.05) is 27.4 Å². The molecule has 4 unspecified atom stereocenters. The van der Waals surface area contributed by atoms with Gasteiger partial charge in [0.2, 0.25) is 0 Å². The minimum Gasteiger partial charge on any atom is -0.394 e. The molecule has 0 aromatic heterocycles. The Bertz CT molecular complexity index is 395. The van der Waals surface area contributed by atoms with E-state index in [1.807, 2.05) is 6.92 Å². The van der Waals surface area contributed by atoms with E-state index in [2.05, 4.69) is 9.93 Å². The van der Waals surface area contributed by atoms with Gasteiger partial charge in [0.1, 0.15) is 17.3 Å². The number of aliphatic hydroxyl groups is 3. The second-order valence-electron chi connectivity index (χ2n) is 6.08. The summed E-state index contributed by atoms with van der Waals surface area (Å²) in [6, 6.07) is 0. The van der Waals surface area contributed by atoms with Crippen molar-refractivity contribution in [2.45, 2.75) is 69.9 Å². The van der Waals surface area contributed by atoms with E-state index < -0.39 is 35.5 Å². The second kappa shape index (κ2) is 10.4. The highest BCUT2D eigenvalue weighted by molar-refractivity contribution is 5.81. The third-order valence-corrected chi connectivity index (χ3v) is 4.88. The highest BCUT2D eigenvalue weighted by atomic mass is 17.5. The van der Waals surface area contributed by atoms with Crippen molar-refractivity contribution in [3.05, 3.63) is 0 Å². The van der Waals surface area contributed by atoms with E-state index in [-0.39, 0.29) is 13.0 Å². The number of ether oxygens (including phenoxy) is 2. The lowest BCUT2D eigenvalue weighted by Gasteiger charge is -2.52. The molecule has 0 aliphatic carbocycles. The van der Waals surface area contributed by atoms with Gasteiger partial charge in [0, 0.05) is 14.2 Å². The molecular weight excluding hydrogens is 336 g/mol. The number of unbranched alkanes of at least 4 members (excludes halogenated alkanes) is 1. The highest BCUT2D eigenvalue weighted by Crippen LogP contribution is 2.43. The van der Waals surface area contributed by atoms with Crippen LogP contribution in [0.2, 0.25) is 0 Å². The van der Waals surface area contributed by atoms with E-state index in [0.29, 0.717) is 6.42 Å². The van der Waals surface area contributed by atoms with Crippen LogP contribution < -0.4 is 0 Å². The van der Waals surface area contributed by atoms with Crippen molar-refractivity contribution < 1.29 is 44.4 Å². The lowest BCUT2D eigenvalue weighted by Crippen LogP contribution is -2.73. The van der Waals surface area contributed by atoms with Crippen LogP contribution >= 0.6 is 0 Å². The van der Waals surface area contributed by atoms with Crippen molar-refractivity contribution >= 4 is 5.97 Å². The van der Waals surface area contributed by atoms with Crippen LogP contribution in [-0.2, 0) is 29.1 Å². The number of carbonyl (C=O) groups excluding carboxylic acids is 1. The summed E-state index contributed by atoms with van der Waals surface area (Å²) in [4.78, 5) is 22.0. The number of carbonyl (C=O) groups is 1. The molecule has 0 saturated heterocycles. The zero-order chi connectivity index (χ0) is 19.7. The first-order valence-corrected chi connectivity index (χ1v) is 8.27. The van der Waals surface area contributed by atoms with Crippen LogP contribution in [0.25, 0.3) is 0 Å². The van der Waals surface area contributed by atoms with Gasteiger partial charge in [-0.05, 0) is 31.7 Å². The van der Waals surface area contributed by atoms with E-state index in [9.17, 15) is 20.1 Å². The maximum absolute atomic E-state index is 12.6. The summed E-state index contributed by atoms with van der Waals surface area (Å²) in [5.41, 5.74) is -5.71. The van der Waals surface area contributed by atoms with Crippen LogP contribution in [0.15, 0.2) is 0 Å². The van der Waals surface area contributed by atoms with Crippen molar-refractivity contribution in [2.24, 2.45) is 0 Å². The zero-order valence-corrected chi connectivity index (χ0v) is 15.9. The largest absolute Gasteiger partial charge is 0.394 e. The Hall–Kier alpha value is -0.810. The number of hydrogen-bond acceptors (Lipinski definition) is 9. The smallest absolute Gasteiger partial charge is 0.380 e. The molecular formula is C16H32O9. The van der Waals surface area contributed by atoms with Crippen LogP contribution in [0, 0.1) is 0 Å². The highest BCUT2D eigenvalue weighted by Gasteiger charge is 2.66. The number of hydrogen-bond donors (Lipinski definition) is 3. The fourth-order valence-electron chi connectivity index (χ4n) is 2.73. The maximum atomic E-state index is 12.6. The number of rotatable bonds is 13. The molecule has 0 amide bonds. The summed E-state index contributed by atoms with van der Waals surface area (Å²) < 4.78 is 10.8. The fourth-order valence-corrected chi connectivity index (χ4v) is 2.73. The Morgan fingerprint density at radius 2 is 1.76 bits per heavy atom. The van der Waals surface area contributed by atoms with Gasteiger partial charge in [-0.25, -0.2) is 4.79 Å². The van der Waals surface area contributed by atoms with E-state index in [0.717, 1.165) is 6.42 Å². The third kappa shape index (κ3) is 4.68. The Morgan fingerprint density at radius 1 is 1.16 bits per heavy atom. The fraction of sp³-hybridized carbons (Fsp3) is 0.938. The van der Waals surface area contributed by atoms with Crippen LogP contribution in [-0.4, -0.2) is 71.6 Å². The number of aliphatic hydroxyl groups excluding tert-OH is 2. The maximum Gasteiger partial charge on any atom is 0.380 e. The molecule has 0 saturated carbocycles. The van der Waals surface area contributed by atoms with Crippen molar-refractivity contribution in [1.82, 2.24) is 0 Å². The molecule has 0 heterocycles. The molecule has 0 aromatic carbocycles. The van der Waals surface area contributed by atoms with Crippen molar-refractivity contribution in [1.29, 1.82) is 0 Å². The Kier molecular flexibility index (Phi) is 10.0. The molecule has 3 N–H and O–H groups in total. The summed E-state index contributed by atoms with van der Waals surface area (Å²) in [5, 5.41) is 34.5. The number of methoxy groups -OCH3 is 2. The normalized spacial score (nSPS) is 20.2. The molecule has 0 spiro atoms. The molecule has 0 bridgehead atoms. The van der Waals surface area contributed by atoms with Gasteiger partial charge >= 0.3 is 5.97 Å². The molecule has 0 aliphatic rings. The molecule has 9 heteroatoms. The van der Waals surface area contributed by atoms with Gasteiger partial charge in [-0.3, -0.25) is 4.89 Å². The van der Waals surface area contributed by atoms with Crippen molar-refractivity contribution in [3.8, 4) is 0 Å².